The van der Waals surface area contributed by atoms with Crippen molar-refractivity contribution in [1.29, 1.82) is 0 Å². The number of benzene rings is 1. The Morgan fingerprint density at radius 2 is 1.95 bits per heavy atom. The molecule has 1 aromatic carbocycles. The van der Waals surface area contributed by atoms with Crippen LogP contribution < -0.4 is 10.3 Å². The molecule has 0 unspecified atom stereocenters. The number of carbonyl (C=O) groups is 1. The molecule has 7 heteroatoms. The summed E-state index contributed by atoms with van der Waals surface area (Å²) in [5.74, 6) is -0.458. The van der Waals surface area contributed by atoms with Crippen LogP contribution in [0.3, 0.4) is 0 Å². The van der Waals surface area contributed by atoms with Gasteiger partial charge in [-0.25, -0.2) is 0 Å². The molecule has 0 radical (unpaired) electrons. The van der Waals surface area contributed by atoms with Crippen LogP contribution in [-0.2, 0) is 18.1 Å². The molecule has 2 rings (SSSR count). The van der Waals surface area contributed by atoms with Gasteiger partial charge in [0.15, 0.2) is 12.4 Å². The monoisotopic (exact) mass is 322 g/mol. The Morgan fingerprint density at radius 3 is 2.59 bits per heavy atom. The Morgan fingerprint density at radius 1 is 1.27 bits per heavy atom. The van der Waals surface area contributed by atoms with E-state index >= 15 is 0 Å². The topological polar surface area (TPSA) is 88.8 Å². The van der Waals surface area contributed by atoms with Crippen molar-refractivity contribution in [3.63, 3.8) is 0 Å². The summed E-state index contributed by atoms with van der Waals surface area (Å²) in [5, 5.41) is 11.6. The van der Waals surface area contributed by atoms with E-state index in [0.717, 1.165) is 11.1 Å². The fraction of sp³-hybridized carbons (Fsp3) is 0.133. The Bertz CT molecular complexity index is 645. The summed E-state index contributed by atoms with van der Waals surface area (Å²) in [6.07, 6.45) is 4.82. The zero-order valence-corrected chi connectivity index (χ0v) is 12.6. The number of hydrogen-bond donors (Lipinski definition) is 2. The van der Waals surface area contributed by atoms with Crippen molar-refractivity contribution >= 4 is 24.5 Å². The van der Waals surface area contributed by atoms with Crippen molar-refractivity contribution in [3.05, 3.63) is 65.5 Å². The van der Waals surface area contributed by atoms with E-state index in [4.69, 9.17) is 15.7 Å². The second kappa shape index (κ2) is 8.76. The van der Waals surface area contributed by atoms with Gasteiger partial charge in [0.05, 0.1) is 18.4 Å². The zero-order valence-electron chi connectivity index (χ0n) is 11.8. The number of pyridine rings is 1. The fourth-order valence-corrected chi connectivity index (χ4v) is 1.82. The molecule has 0 aliphatic rings. The first-order valence-electron chi connectivity index (χ1n) is 6.32. The highest BCUT2D eigenvalue weighted by molar-refractivity contribution is 5.92. The van der Waals surface area contributed by atoms with Crippen LogP contribution in [0.2, 0.25) is 0 Å². The maximum atomic E-state index is 11.0. The van der Waals surface area contributed by atoms with Gasteiger partial charge in [-0.05, 0) is 5.56 Å². The maximum Gasteiger partial charge on any atom is 0.252 e. The summed E-state index contributed by atoms with van der Waals surface area (Å²) in [5.41, 5.74) is 7.35. The number of ether oxygens (including phenoxy) is 1. The fourth-order valence-electron chi connectivity index (χ4n) is 1.82. The summed E-state index contributed by atoms with van der Waals surface area (Å²) < 4.78 is 7.38. The standard InChI is InChI=1S/C15H15N3O3.ClH/c16-15(19)12-5-7-18(8-6-12)11-21-10-14-4-2-1-3-13(14)9-17-20;/h1-9H,10-11H2,(H2-,16,19,20);1H/p+1/b17-9+;. The molecule has 6 nitrogen and oxygen atoms in total. The normalized spacial score (nSPS) is 10.4. The largest absolute Gasteiger partial charge is 0.411 e. The molecule has 0 spiro atoms. The third kappa shape index (κ3) is 4.83. The number of oxime groups is 1. The van der Waals surface area contributed by atoms with Crippen LogP contribution in [-0.4, -0.2) is 17.3 Å². The van der Waals surface area contributed by atoms with Crippen LogP contribution in [0.4, 0.5) is 0 Å². The van der Waals surface area contributed by atoms with E-state index in [-0.39, 0.29) is 12.4 Å². The van der Waals surface area contributed by atoms with Gasteiger partial charge in [0.25, 0.3) is 6.73 Å². The molecule has 0 saturated carbocycles. The Balaban J connectivity index is 0.00000242. The summed E-state index contributed by atoms with van der Waals surface area (Å²) in [6.45, 7) is 0.719. The predicted octanol–water partition coefficient (Wildman–Crippen LogP) is 1.48. The molecular weight excluding hydrogens is 306 g/mol. The predicted molar refractivity (Wildman–Crippen MR) is 83.0 cm³/mol. The molecule has 0 atom stereocenters. The Labute approximate surface area is 134 Å². The second-order valence-electron chi connectivity index (χ2n) is 4.39. The molecule has 1 aromatic heterocycles. The Hall–Kier alpha value is -2.44. The van der Waals surface area contributed by atoms with Crippen LogP contribution in [0.25, 0.3) is 0 Å². The highest BCUT2D eigenvalue weighted by atomic mass is 35.5. The van der Waals surface area contributed by atoms with Crippen molar-refractivity contribution < 1.29 is 19.3 Å². The number of nitrogens with two attached hydrogens (primary N) is 1. The SMILES string of the molecule is Cl.NC(=O)c1cc[n+](COCc2ccccc2/C=N/O)cc1. The summed E-state index contributed by atoms with van der Waals surface area (Å²) in [7, 11) is 0. The number of aromatic nitrogens is 1. The van der Waals surface area contributed by atoms with Gasteiger partial charge >= 0.3 is 0 Å². The molecular formula is C15H17ClN3O3+. The molecule has 1 amide bonds. The molecule has 22 heavy (non-hydrogen) atoms. The number of hydrogen-bond acceptors (Lipinski definition) is 4. The van der Waals surface area contributed by atoms with E-state index in [1.807, 2.05) is 24.3 Å². The quantitative estimate of drug-likeness (QED) is 0.365. The van der Waals surface area contributed by atoms with E-state index < -0.39 is 5.91 Å². The van der Waals surface area contributed by atoms with Gasteiger partial charge in [0, 0.05) is 17.7 Å². The first-order chi connectivity index (χ1) is 10.2. The molecule has 1 heterocycles. The average Bonchev–Trinajstić information content (AvgIpc) is 2.50. The molecule has 0 saturated heterocycles. The minimum Gasteiger partial charge on any atom is -0.411 e. The van der Waals surface area contributed by atoms with Crippen molar-refractivity contribution in [2.75, 3.05) is 0 Å². The molecule has 0 aliphatic heterocycles. The average molecular weight is 323 g/mol. The number of rotatable bonds is 6. The van der Waals surface area contributed by atoms with E-state index in [9.17, 15) is 4.79 Å². The lowest BCUT2D eigenvalue weighted by atomic mass is 10.1. The Kier molecular flexibility index (Phi) is 7.01. The van der Waals surface area contributed by atoms with Gasteiger partial charge in [-0.15, -0.1) is 12.4 Å². The van der Waals surface area contributed by atoms with E-state index in [1.54, 1.807) is 29.1 Å². The van der Waals surface area contributed by atoms with Crippen molar-refractivity contribution in [2.24, 2.45) is 10.9 Å². The van der Waals surface area contributed by atoms with Crippen molar-refractivity contribution in [1.82, 2.24) is 0 Å². The molecule has 0 fully saturated rings. The highest BCUT2D eigenvalue weighted by Crippen LogP contribution is 2.07. The van der Waals surface area contributed by atoms with Gasteiger partial charge in [0.2, 0.25) is 5.91 Å². The lowest BCUT2D eigenvalue weighted by Crippen LogP contribution is -2.34. The summed E-state index contributed by atoms with van der Waals surface area (Å²) in [4.78, 5) is 11.0. The molecule has 0 bridgehead atoms. The maximum absolute atomic E-state index is 11.0. The molecule has 3 N–H and O–H groups in total. The van der Waals surface area contributed by atoms with Crippen LogP contribution in [0.1, 0.15) is 21.5 Å². The number of amides is 1. The lowest BCUT2D eigenvalue weighted by molar-refractivity contribution is -0.733. The third-order valence-corrected chi connectivity index (χ3v) is 2.93. The lowest BCUT2D eigenvalue weighted by Gasteiger charge is -2.05. The van der Waals surface area contributed by atoms with E-state index in [2.05, 4.69) is 5.16 Å². The first-order valence-corrected chi connectivity index (χ1v) is 6.32. The van der Waals surface area contributed by atoms with Gasteiger partial charge in [-0.2, -0.15) is 4.57 Å². The van der Waals surface area contributed by atoms with Crippen LogP contribution in [0, 0.1) is 0 Å². The van der Waals surface area contributed by atoms with E-state index in [0.29, 0.717) is 18.9 Å². The molecule has 116 valence electrons. The van der Waals surface area contributed by atoms with Crippen LogP contribution in [0.15, 0.2) is 53.9 Å². The van der Waals surface area contributed by atoms with Gasteiger partial charge < -0.3 is 15.7 Å². The van der Waals surface area contributed by atoms with Crippen molar-refractivity contribution in [3.8, 4) is 0 Å². The summed E-state index contributed by atoms with van der Waals surface area (Å²) >= 11 is 0. The van der Waals surface area contributed by atoms with Gasteiger partial charge in [0.1, 0.15) is 0 Å². The number of carbonyl (C=O) groups excluding carboxylic acids is 1. The van der Waals surface area contributed by atoms with Crippen LogP contribution >= 0.6 is 12.4 Å². The summed E-state index contributed by atoms with van der Waals surface area (Å²) in [6, 6.07) is 10.8. The van der Waals surface area contributed by atoms with Crippen LogP contribution in [0.5, 0.6) is 0 Å². The molecule has 0 aliphatic carbocycles. The number of primary amides is 1. The number of halogens is 1. The second-order valence-corrected chi connectivity index (χ2v) is 4.39. The van der Waals surface area contributed by atoms with Crippen molar-refractivity contribution in [2.45, 2.75) is 13.3 Å². The third-order valence-electron chi connectivity index (χ3n) is 2.93. The zero-order chi connectivity index (χ0) is 15.1. The highest BCUT2D eigenvalue weighted by Gasteiger charge is 2.05. The minimum absolute atomic E-state index is 0. The first kappa shape index (κ1) is 17.6. The van der Waals surface area contributed by atoms with Gasteiger partial charge in [-0.1, -0.05) is 29.4 Å². The minimum atomic E-state index is -0.458. The van der Waals surface area contributed by atoms with Gasteiger partial charge in [-0.3, -0.25) is 4.79 Å². The smallest absolute Gasteiger partial charge is 0.252 e. The number of nitrogens with zero attached hydrogens (tertiary/aromatic N) is 2. The molecule has 2 aromatic rings. The van der Waals surface area contributed by atoms with E-state index in [1.165, 1.54) is 6.21 Å².